The number of ether oxygens (including phenoxy) is 2. The first-order chi connectivity index (χ1) is 9.60. The van der Waals surface area contributed by atoms with Crippen LogP contribution in [0.25, 0.3) is 0 Å². The summed E-state index contributed by atoms with van der Waals surface area (Å²) in [6.45, 7) is 0. The first-order valence-electron chi connectivity index (χ1n) is 5.46. The quantitative estimate of drug-likeness (QED) is 0.645. The van der Waals surface area contributed by atoms with Crippen molar-refractivity contribution >= 4 is 34.5 Å². The van der Waals surface area contributed by atoms with Crippen LogP contribution in [-0.4, -0.2) is 24.2 Å². The molecule has 6 nitrogen and oxygen atoms in total. The van der Waals surface area contributed by atoms with Gasteiger partial charge in [-0.2, -0.15) is 4.98 Å². The van der Waals surface area contributed by atoms with Crippen molar-refractivity contribution in [2.75, 3.05) is 14.2 Å². The maximum absolute atomic E-state index is 6.15. The van der Waals surface area contributed by atoms with Gasteiger partial charge in [-0.15, -0.1) is 11.3 Å². The summed E-state index contributed by atoms with van der Waals surface area (Å²) in [6.07, 6.45) is 1.48. The smallest absolute Gasteiger partial charge is 0.240 e. The number of nitrogens with two attached hydrogens (primary N) is 1. The number of nitrogens with one attached hydrogen (secondary N) is 1. The molecule has 9 heteroatoms. The van der Waals surface area contributed by atoms with Crippen LogP contribution in [0.15, 0.2) is 12.3 Å². The first kappa shape index (κ1) is 15.3. The predicted octanol–water partition coefficient (Wildman–Crippen LogP) is 2.41. The minimum absolute atomic E-state index is 0.297. The predicted molar refractivity (Wildman–Crippen MR) is 78.6 cm³/mol. The summed E-state index contributed by atoms with van der Waals surface area (Å²) in [5.41, 5.74) is 3.84. The lowest BCUT2D eigenvalue weighted by Gasteiger charge is -2.17. The van der Waals surface area contributed by atoms with Crippen LogP contribution in [0.5, 0.6) is 11.8 Å². The molecule has 1 unspecified atom stereocenters. The van der Waals surface area contributed by atoms with E-state index in [1.807, 2.05) is 0 Å². The maximum atomic E-state index is 6.15. The number of rotatable bonds is 5. The molecule has 0 radical (unpaired) electrons. The van der Waals surface area contributed by atoms with Crippen molar-refractivity contribution in [1.29, 1.82) is 0 Å². The average Bonchev–Trinajstić information content (AvgIpc) is 2.79. The number of nitrogens with zero attached hydrogens (tertiary/aromatic N) is 2. The zero-order valence-electron chi connectivity index (χ0n) is 10.7. The summed E-state index contributed by atoms with van der Waals surface area (Å²) < 4.78 is 11.3. The SMILES string of the molecule is COc1cnc(C(NN)c2cc(Cl)sc2Cl)c(OC)n1. The van der Waals surface area contributed by atoms with Gasteiger partial charge in [-0.05, 0) is 6.07 Å². The number of hydrazine groups is 1. The molecule has 0 aromatic carbocycles. The lowest BCUT2D eigenvalue weighted by Crippen LogP contribution is -2.30. The van der Waals surface area contributed by atoms with Crippen LogP contribution < -0.4 is 20.7 Å². The second kappa shape index (κ2) is 6.55. The Bertz CT molecular complexity index is 608. The molecule has 2 aromatic rings. The topological polar surface area (TPSA) is 82.3 Å². The first-order valence-corrected chi connectivity index (χ1v) is 7.03. The van der Waals surface area contributed by atoms with Gasteiger partial charge >= 0.3 is 0 Å². The van der Waals surface area contributed by atoms with Crippen molar-refractivity contribution in [1.82, 2.24) is 15.4 Å². The van der Waals surface area contributed by atoms with Gasteiger partial charge in [-0.1, -0.05) is 23.2 Å². The van der Waals surface area contributed by atoms with Gasteiger partial charge in [-0.25, -0.2) is 10.4 Å². The monoisotopic (exact) mass is 334 g/mol. The van der Waals surface area contributed by atoms with Gasteiger partial charge in [0.05, 0.1) is 35.1 Å². The highest BCUT2D eigenvalue weighted by molar-refractivity contribution is 7.20. The molecule has 0 bridgehead atoms. The van der Waals surface area contributed by atoms with Gasteiger partial charge in [0.25, 0.3) is 0 Å². The Morgan fingerprint density at radius 2 is 2.10 bits per heavy atom. The van der Waals surface area contributed by atoms with Crippen LogP contribution >= 0.6 is 34.5 Å². The van der Waals surface area contributed by atoms with E-state index in [9.17, 15) is 0 Å². The molecular weight excluding hydrogens is 323 g/mol. The molecule has 108 valence electrons. The van der Waals surface area contributed by atoms with Crippen molar-refractivity contribution in [3.63, 3.8) is 0 Å². The van der Waals surface area contributed by atoms with Crippen LogP contribution in [0.3, 0.4) is 0 Å². The summed E-state index contributed by atoms with van der Waals surface area (Å²) in [4.78, 5) is 8.43. The van der Waals surface area contributed by atoms with Crippen LogP contribution in [0.1, 0.15) is 17.3 Å². The average molecular weight is 335 g/mol. The van der Waals surface area contributed by atoms with Crippen LogP contribution in [0.2, 0.25) is 8.67 Å². The molecule has 0 spiro atoms. The molecule has 0 aliphatic carbocycles. The normalized spacial score (nSPS) is 12.2. The number of thiophene rings is 1. The van der Waals surface area contributed by atoms with E-state index in [0.29, 0.717) is 31.7 Å². The Morgan fingerprint density at radius 3 is 2.60 bits per heavy atom. The Morgan fingerprint density at radius 1 is 1.35 bits per heavy atom. The fourth-order valence-electron chi connectivity index (χ4n) is 1.68. The molecule has 20 heavy (non-hydrogen) atoms. The highest BCUT2D eigenvalue weighted by Gasteiger charge is 2.24. The van der Waals surface area contributed by atoms with E-state index in [0.717, 1.165) is 0 Å². The fraction of sp³-hybridized carbons (Fsp3) is 0.273. The van der Waals surface area contributed by atoms with Crippen molar-refractivity contribution in [2.45, 2.75) is 6.04 Å². The Hall–Kier alpha value is -1.12. The number of hydrogen-bond acceptors (Lipinski definition) is 7. The fourth-order valence-corrected chi connectivity index (χ4v) is 3.21. The van der Waals surface area contributed by atoms with Crippen molar-refractivity contribution in [3.8, 4) is 11.8 Å². The lowest BCUT2D eigenvalue weighted by molar-refractivity contribution is 0.352. The van der Waals surface area contributed by atoms with Crippen molar-refractivity contribution in [3.05, 3.63) is 32.2 Å². The maximum Gasteiger partial charge on any atom is 0.240 e. The number of hydrogen-bond donors (Lipinski definition) is 2. The second-order valence-corrected chi connectivity index (χ2v) is 5.97. The third-order valence-corrected chi connectivity index (χ3v) is 4.10. The summed E-state index contributed by atoms with van der Waals surface area (Å²) >= 11 is 13.4. The van der Waals surface area contributed by atoms with Crippen LogP contribution in [0.4, 0.5) is 0 Å². The van der Waals surface area contributed by atoms with E-state index in [4.69, 9.17) is 38.5 Å². The molecule has 0 saturated heterocycles. The van der Waals surface area contributed by atoms with Gasteiger partial charge in [0.15, 0.2) is 0 Å². The van der Waals surface area contributed by atoms with Gasteiger partial charge in [0, 0.05) is 5.56 Å². The molecule has 0 fully saturated rings. The minimum atomic E-state index is -0.486. The van der Waals surface area contributed by atoms with Gasteiger partial charge in [-0.3, -0.25) is 5.84 Å². The Kier molecular flexibility index (Phi) is 5.00. The van der Waals surface area contributed by atoms with Crippen molar-refractivity contribution in [2.24, 2.45) is 5.84 Å². The Balaban J connectivity index is 2.49. The largest absolute Gasteiger partial charge is 0.480 e. The highest BCUT2D eigenvalue weighted by Crippen LogP contribution is 2.38. The number of halogens is 2. The summed E-state index contributed by atoms with van der Waals surface area (Å²) in [6, 6.07) is 1.24. The molecule has 3 N–H and O–H groups in total. The zero-order valence-corrected chi connectivity index (χ0v) is 13.0. The molecule has 2 heterocycles. The molecule has 0 saturated carbocycles. The standard InChI is InChI=1S/C11H12Cl2N4O2S/c1-18-7-4-15-9(11(16-7)19-2)8(17-14)5-3-6(12)20-10(5)13/h3-4,8,17H,14H2,1-2H3. The highest BCUT2D eigenvalue weighted by atomic mass is 35.5. The number of methoxy groups -OCH3 is 2. The molecule has 2 aromatic heterocycles. The van der Waals surface area contributed by atoms with Crippen LogP contribution in [0, 0.1) is 0 Å². The second-order valence-electron chi connectivity index (χ2n) is 3.69. The molecule has 0 aliphatic heterocycles. The minimum Gasteiger partial charge on any atom is -0.480 e. The van der Waals surface area contributed by atoms with E-state index in [2.05, 4.69) is 15.4 Å². The van der Waals surface area contributed by atoms with E-state index in [1.54, 1.807) is 6.07 Å². The summed E-state index contributed by atoms with van der Waals surface area (Å²) in [5.74, 6) is 6.25. The van der Waals surface area contributed by atoms with Crippen LogP contribution in [-0.2, 0) is 0 Å². The number of aromatic nitrogens is 2. The third kappa shape index (κ3) is 2.97. The Labute approximate surface area is 129 Å². The van der Waals surface area contributed by atoms with E-state index >= 15 is 0 Å². The molecule has 1 atom stereocenters. The molecule has 2 rings (SSSR count). The zero-order chi connectivity index (χ0) is 14.7. The summed E-state index contributed by atoms with van der Waals surface area (Å²) in [7, 11) is 2.99. The molecule has 0 aliphatic rings. The van der Waals surface area contributed by atoms with Gasteiger partial charge in [0.2, 0.25) is 11.8 Å². The van der Waals surface area contributed by atoms with E-state index in [-0.39, 0.29) is 0 Å². The molecular formula is C11H12Cl2N4O2S. The van der Waals surface area contributed by atoms with Gasteiger partial charge in [0.1, 0.15) is 5.69 Å². The lowest BCUT2D eigenvalue weighted by atomic mass is 10.1. The molecule has 0 amide bonds. The van der Waals surface area contributed by atoms with E-state index < -0.39 is 6.04 Å². The van der Waals surface area contributed by atoms with E-state index in [1.165, 1.54) is 31.8 Å². The summed E-state index contributed by atoms with van der Waals surface area (Å²) in [5, 5.41) is 0. The third-order valence-electron chi connectivity index (χ3n) is 2.58. The van der Waals surface area contributed by atoms with Gasteiger partial charge < -0.3 is 9.47 Å². The van der Waals surface area contributed by atoms with Crippen molar-refractivity contribution < 1.29 is 9.47 Å².